The van der Waals surface area contributed by atoms with Crippen molar-refractivity contribution in [2.24, 2.45) is 5.10 Å². The molecule has 1 heterocycles. The Morgan fingerprint density at radius 3 is 2.32 bits per heavy atom. The number of nitrogens with zero attached hydrogens (tertiary/aromatic N) is 3. The fraction of sp³-hybridized carbons (Fsp3) is 0.304. The van der Waals surface area contributed by atoms with Crippen molar-refractivity contribution >= 4 is 29.2 Å². The molecule has 31 heavy (non-hydrogen) atoms. The van der Waals surface area contributed by atoms with E-state index in [0.717, 1.165) is 5.56 Å². The maximum Gasteiger partial charge on any atom is 0.354 e. The van der Waals surface area contributed by atoms with Crippen LogP contribution in [0.25, 0.3) is 0 Å². The molecule has 0 aromatic heterocycles. The molecular formula is C23H25N3O5. The van der Waals surface area contributed by atoms with Crippen LogP contribution in [0.4, 0.5) is 5.69 Å². The highest BCUT2D eigenvalue weighted by atomic mass is 16.5. The smallest absolute Gasteiger partial charge is 0.354 e. The summed E-state index contributed by atoms with van der Waals surface area (Å²) < 4.78 is 9.87. The van der Waals surface area contributed by atoms with E-state index in [1.54, 1.807) is 19.1 Å². The van der Waals surface area contributed by atoms with Crippen LogP contribution < -0.4 is 5.01 Å². The number of anilines is 1. The fourth-order valence-corrected chi connectivity index (χ4v) is 3.31. The van der Waals surface area contributed by atoms with Crippen LogP contribution in [0.3, 0.4) is 0 Å². The summed E-state index contributed by atoms with van der Waals surface area (Å²) >= 11 is 0. The Balaban J connectivity index is 1.90. The Hall–Kier alpha value is -3.68. The molecular weight excluding hydrogens is 398 g/mol. The van der Waals surface area contributed by atoms with Crippen LogP contribution in [0.5, 0.6) is 0 Å². The molecule has 2 aromatic rings. The fourth-order valence-electron chi connectivity index (χ4n) is 3.31. The average Bonchev–Trinajstić information content (AvgIpc) is 3.25. The second kappa shape index (κ2) is 10.4. The highest BCUT2D eigenvalue weighted by molar-refractivity contribution is 6.38. The van der Waals surface area contributed by atoms with Crippen molar-refractivity contribution in [3.8, 4) is 0 Å². The van der Waals surface area contributed by atoms with E-state index in [1.165, 1.54) is 17.0 Å². The molecule has 0 spiro atoms. The SMILES string of the molecule is CCOC(=O)C1=NN(c2ccccc2)C(C(=O)N(CC(=O)OC)Cc2ccccc2)C1. The van der Waals surface area contributed by atoms with Crippen molar-refractivity contribution in [1.82, 2.24) is 4.90 Å². The molecule has 1 unspecified atom stereocenters. The normalized spacial score (nSPS) is 15.2. The van der Waals surface area contributed by atoms with E-state index >= 15 is 0 Å². The molecule has 0 bridgehead atoms. The summed E-state index contributed by atoms with van der Waals surface area (Å²) in [7, 11) is 1.28. The zero-order chi connectivity index (χ0) is 22.2. The Morgan fingerprint density at radius 1 is 1.06 bits per heavy atom. The van der Waals surface area contributed by atoms with Gasteiger partial charge in [-0.25, -0.2) is 4.79 Å². The first-order chi connectivity index (χ1) is 15.0. The Bertz CT molecular complexity index is 946. The van der Waals surface area contributed by atoms with Crippen molar-refractivity contribution in [3.63, 3.8) is 0 Å². The topological polar surface area (TPSA) is 88.5 Å². The van der Waals surface area contributed by atoms with Gasteiger partial charge in [0.05, 0.1) is 19.4 Å². The van der Waals surface area contributed by atoms with Crippen LogP contribution in [0.15, 0.2) is 65.8 Å². The molecule has 0 fully saturated rings. The lowest BCUT2D eigenvalue weighted by atomic mass is 10.1. The lowest BCUT2D eigenvalue weighted by Crippen LogP contribution is -2.47. The van der Waals surface area contributed by atoms with E-state index in [-0.39, 0.29) is 37.7 Å². The van der Waals surface area contributed by atoms with Gasteiger partial charge in [-0.1, -0.05) is 48.5 Å². The van der Waals surface area contributed by atoms with Gasteiger partial charge in [-0.3, -0.25) is 14.6 Å². The van der Waals surface area contributed by atoms with Crippen LogP contribution in [0, 0.1) is 0 Å². The summed E-state index contributed by atoms with van der Waals surface area (Å²) in [6.45, 7) is 1.94. The molecule has 1 amide bonds. The summed E-state index contributed by atoms with van der Waals surface area (Å²) in [6.07, 6.45) is 0.0824. The number of ether oxygens (including phenoxy) is 2. The minimum Gasteiger partial charge on any atom is -0.468 e. The Kier molecular flexibility index (Phi) is 7.37. The predicted octanol–water partition coefficient (Wildman–Crippen LogP) is 2.39. The van der Waals surface area contributed by atoms with Gasteiger partial charge in [-0.2, -0.15) is 5.10 Å². The molecule has 0 saturated heterocycles. The van der Waals surface area contributed by atoms with E-state index in [4.69, 9.17) is 9.47 Å². The van der Waals surface area contributed by atoms with Crippen molar-refractivity contribution in [3.05, 3.63) is 66.2 Å². The number of para-hydroxylation sites is 1. The van der Waals surface area contributed by atoms with Crippen LogP contribution in [-0.4, -0.2) is 54.8 Å². The summed E-state index contributed by atoms with van der Waals surface area (Å²) in [5, 5.41) is 5.90. The third-order valence-corrected chi connectivity index (χ3v) is 4.80. The molecule has 2 aromatic carbocycles. The number of hydrogen-bond acceptors (Lipinski definition) is 7. The number of carbonyl (C=O) groups excluding carboxylic acids is 3. The standard InChI is InChI=1S/C23H25N3O5/c1-3-31-23(29)19-14-20(26(24-19)18-12-8-5-9-13-18)22(28)25(16-21(27)30-2)15-17-10-6-4-7-11-17/h4-13,20H,3,14-16H2,1-2H3. The van der Waals surface area contributed by atoms with Crippen LogP contribution in [0.2, 0.25) is 0 Å². The van der Waals surface area contributed by atoms with Gasteiger partial charge in [0.25, 0.3) is 0 Å². The number of rotatable bonds is 8. The number of carbonyl (C=O) groups is 3. The quantitative estimate of drug-likeness (QED) is 0.606. The van der Waals surface area contributed by atoms with E-state index in [2.05, 4.69) is 5.10 Å². The number of amides is 1. The summed E-state index contributed by atoms with van der Waals surface area (Å²) in [4.78, 5) is 39.3. The molecule has 8 heteroatoms. The number of hydrazone groups is 1. The maximum absolute atomic E-state index is 13.6. The Labute approximate surface area is 181 Å². The lowest BCUT2D eigenvalue weighted by molar-refractivity contribution is -0.147. The third kappa shape index (κ3) is 5.48. The van der Waals surface area contributed by atoms with E-state index in [0.29, 0.717) is 5.69 Å². The molecule has 0 N–H and O–H groups in total. The molecule has 3 rings (SSSR count). The van der Waals surface area contributed by atoms with Crippen molar-refractivity contribution in [2.45, 2.75) is 25.9 Å². The van der Waals surface area contributed by atoms with Crippen molar-refractivity contribution < 1.29 is 23.9 Å². The van der Waals surface area contributed by atoms with Gasteiger partial charge in [0.1, 0.15) is 18.3 Å². The molecule has 162 valence electrons. The van der Waals surface area contributed by atoms with E-state index < -0.39 is 18.0 Å². The maximum atomic E-state index is 13.6. The minimum atomic E-state index is -0.782. The summed E-state index contributed by atoms with van der Waals surface area (Å²) in [5.74, 6) is -1.41. The first-order valence-corrected chi connectivity index (χ1v) is 10.0. The number of hydrogen-bond donors (Lipinski definition) is 0. The molecule has 1 atom stereocenters. The first kappa shape index (κ1) is 22.0. The average molecular weight is 423 g/mol. The zero-order valence-electron chi connectivity index (χ0n) is 17.6. The highest BCUT2D eigenvalue weighted by Crippen LogP contribution is 2.26. The van der Waals surface area contributed by atoms with Gasteiger partial charge in [0, 0.05) is 13.0 Å². The second-order valence-electron chi connectivity index (χ2n) is 6.92. The molecule has 0 aliphatic carbocycles. The summed E-state index contributed by atoms with van der Waals surface area (Å²) in [6, 6.07) is 17.7. The van der Waals surface area contributed by atoms with Crippen molar-refractivity contribution in [2.75, 3.05) is 25.3 Å². The zero-order valence-corrected chi connectivity index (χ0v) is 17.6. The van der Waals surface area contributed by atoms with Crippen LogP contribution in [0.1, 0.15) is 18.9 Å². The van der Waals surface area contributed by atoms with Gasteiger partial charge >= 0.3 is 11.9 Å². The first-order valence-electron chi connectivity index (χ1n) is 10.0. The predicted molar refractivity (Wildman–Crippen MR) is 115 cm³/mol. The monoisotopic (exact) mass is 423 g/mol. The number of methoxy groups -OCH3 is 1. The second-order valence-corrected chi connectivity index (χ2v) is 6.92. The molecule has 8 nitrogen and oxygen atoms in total. The number of esters is 2. The summed E-state index contributed by atoms with van der Waals surface area (Å²) in [5.41, 5.74) is 1.70. The molecule has 1 aliphatic heterocycles. The minimum absolute atomic E-state index is 0.0824. The molecule has 1 aliphatic rings. The number of benzene rings is 2. The lowest BCUT2D eigenvalue weighted by Gasteiger charge is -2.29. The van der Waals surface area contributed by atoms with E-state index in [9.17, 15) is 14.4 Å². The largest absolute Gasteiger partial charge is 0.468 e. The van der Waals surface area contributed by atoms with Crippen LogP contribution >= 0.6 is 0 Å². The van der Waals surface area contributed by atoms with E-state index in [1.807, 2.05) is 48.5 Å². The molecule has 0 saturated carbocycles. The molecule has 0 radical (unpaired) electrons. The van der Waals surface area contributed by atoms with Crippen molar-refractivity contribution in [1.29, 1.82) is 0 Å². The van der Waals surface area contributed by atoms with Gasteiger partial charge in [-0.15, -0.1) is 0 Å². The van der Waals surface area contributed by atoms with Crippen LogP contribution in [-0.2, 0) is 30.4 Å². The highest BCUT2D eigenvalue weighted by Gasteiger charge is 2.39. The van der Waals surface area contributed by atoms with Gasteiger partial charge < -0.3 is 14.4 Å². The Morgan fingerprint density at radius 2 is 1.71 bits per heavy atom. The third-order valence-electron chi connectivity index (χ3n) is 4.80. The van der Waals surface area contributed by atoms with Gasteiger partial charge in [-0.05, 0) is 24.6 Å². The van der Waals surface area contributed by atoms with Gasteiger partial charge in [0.2, 0.25) is 5.91 Å². The van der Waals surface area contributed by atoms with Gasteiger partial charge in [0.15, 0.2) is 0 Å².